The van der Waals surface area contributed by atoms with Crippen LogP contribution in [0.4, 0.5) is 0 Å². The van der Waals surface area contributed by atoms with Gasteiger partial charge in [0.25, 0.3) is 23.6 Å². The molecule has 2 heterocycles. The lowest BCUT2D eigenvalue weighted by Crippen LogP contribution is -3.00. The van der Waals surface area contributed by atoms with E-state index < -0.39 is 0 Å². The highest BCUT2D eigenvalue weighted by Crippen LogP contribution is 2.26. The molecule has 0 fully saturated rings. The van der Waals surface area contributed by atoms with Crippen LogP contribution in [0.2, 0.25) is 0 Å². The van der Waals surface area contributed by atoms with Gasteiger partial charge in [-0.1, -0.05) is 30.7 Å². The lowest BCUT2D eigenvalue weighted by molar-refractivity contribution is -0.893. The Bertz CT molecular complexity index is 1330. The monoisotopic (exact) mass is 734 g/mol. The average Bonchev–Trinajstić information content (AvgIpc) is 3.30. The number of unbranched alkanes of at least 4 members (excludes halogenated alkanes) is 3. The molecule has 0 bridgehead atoms. The largest absolute Gasteiger partial charge is 1.00 e. The minimum atomic E-state index is -0.171. The minimum Gasteiger partial charge on any atom is -1.00 e. The summed E-state index contributed by atoms with van der Waals surface area (Å²) in [5.74, 6) is -0.467. The van der Waals surface area contributed by atoms with Crippen LogP contribution in [0.3, 0.4) is 0 Å². The van der Waals surface area contributed by atoms with Crippen molar-refractivity contribution in [3.63, 3.8) is 0 Å². The number of carbonyl (C=O) groups excluding carboxylic acids is 4. The zero-order chi connectivity index (χ0) is 30.7. The van der Waals surface area contributed by atoms with Gasteiger partial charge in [-0.05, 0) is 56.9 Å². The third kappa shape index (κ3) is 9.08. The fourth-order valence-electron chi connectivity index (χ4n) is 6.52. The molecule has 2 aliphatic rings. The van der Waals surface area contributed by atoms with Gasteiger partial charge < -0.3 is 42.9 Å². The minimum absolute atomic E-state index is 0. The van der Waals surface area contributed by atoms with E-state index in [9.17, 15) is 19.2 Å². The smallest absolute Gasteiger partial charge is 0.261 e. The van der Waals surface area contributed by atoms with E-state index in [0.717, 1.165) is 60.0 Å². The van der Waals surface area contributed by atoms with Crippen molar-refractivity contribution >= 4 is 23.6 Å². The molecule has 1 atom stereocenters. The van der Waals surface area contributed by atoms with Gasteiger partial charge in [0.1, 0.15) is 0 Å². The fraction of sp³-hybridized carbons (Fsp3) is 0.529. The number of amides is 4. The molecule has 2 aromatic carbocycles. The highest BCUT2D eigenvalue weighted by Gasteiger charge is 2.37. The van der Waals surface area contributed by atoms with Gasteiger partial charge in [-0.15, -0.1) is 0 Å². The Labute approximate surface area is 284 Å². The van der Waals surface area contributed by atoms with Crippen molar-refractivity contribution in [1.29, 1.82) is 0 Å². The molecule has 0 saturated heterocycles. The van der Waals surface area contributed by atoms with E-state index in [1.165, 1.54) is 22.6 Å². The summed E-state index contributed by atoms with van der Waals surface area (Å²) in [4.78, 5) is 53.7. The molecular formula is C34H48Br2N4O4. The first-order valence-electron chi connectivity index (χ1n) is 15.4. The summed E-state index contributed by atoms with van der Waals surface area (Å²) in [5, 5.41) is 0. The number of aryl methyl sites for hydroxylation is 1. The molecular weight excluding hydrogens is 688 g/mol. The number of quaternary nitrogens is 2. The molecule has 10 heteroatoms. The number of hydrogen-bond acceptors (Lipinski definition) is 4. The van der Waals surface area contributed by atoms with E-state index in [-0.39, 0.29) is 63.5 Å². The van der Waals surface area contributed by atoms with Crippen molar-refractivity contribution in [1.82, 2.24) is 9.80 Å². The van der Waals surface area contributed by atoms with E-state index in [4.69, 9.17) is 0 Å². The van der Waals surface area contributed by atoms with Crippen molar-refractivity contribution < 1.29 is 62.1 Å². The number of nitrogens with zero attached hydrogens (tertiary/aromatic N) is 4. The van der Waals surface area contributed by atoms with Gasteiger partial charge in [-0.2, -0.15) is 0 Å². The van der Waals surface area contributed by atoms with E-state index >= 15 is 0 Å². The predicted molar refractivity (Wildman–Crippen MR) is 164 cm³/mol. The highest BCUT2D eigenvalue weighted by molar-refractivity contribution is 6.22. The zero-order valence-electron chi connectivity index (χ0n) is 27.1. The van der Waals surface area contributed by atoms with Gasteiger partial charge >= 0.3 is 0 Å². The van der Waals surface area contributed by atoms with Gasteiger partial charge in [-0.25, -0.2) is 0 Å². The van der Waals surface area contributed by atoms with Gasteiger partial charge in [-0.3, -0.25) is 29.0 Å². The van der Waals surface area contributed by atoms with E-state index in [2.05, 4.69) is 35.1 Å². The molecule has 2 aromatic rings. The summed E-state index contributed by atoms with van der Waals surface area (Å²) in [6, 6.07) is 12.5. The van der Waals surface area contributed by atoms with Crippen LogP contribution in [0.25, 0.3) is 0 Å². The maximum absolute atomic E-state index is 12.9. The van der Waals surface area contributed by atoms with Crippen molar-refractivity contribution in [3.05, 3.63) is 70.3 Å². The predicted octanol–water partition coefficient (Wildman–Crippen LogP) is -1.37. The number of halogens is 2. The Morgan fingerprint density at radius 2 is 1.09 bits per heavy atom. The molecule has 242 valence electrons. The third-order valence-electron chi connectivity index (χ3n) is 8.73. The highest BCUT2D eigenvalue weighted by atomic mass is 79.9. The number of benzene rings is 2. The standard InChI is InChI=1S/C34H48N4O4.2BrH/c1-25-16-17-29-30(22-25)34(42)36(33(29)41)23-26(2)24-38(5,6)20-12-8-7-11-19-37(3,4)21-13-18-35-31(39)27-14-9-10-15-28(27)32(35)40;;/h9-10,14-17,22,26H,7-8,11-13,18-21,23-24H2,1-6H3;2*1H/q+2;;/p-2. The molecule has 4 amide bonds. The normalized spacial score (nSPS) is 15.2. The topological polar surface area (TPSA) is 74.8 Å². The first kappa shape index (κ1) is 37.8. The van der Waals surface area contributed by atoms with Crippen molar-refractivity contribution in [2.24, 2.45) is 5.92 Å². The molecule has 44 heavy (non-hydrogen) atoms. The Kier molecular flexibility index (Phi) is 13.5. The second-order valence-corrected chi connectivity index (χ2v) is 13.7. The van der Waals surface area contributed by atoms with Crippen LogP contribution in [-0.4, -0.2) is 110 Å². The van der Waals surface area contributed by atoms with Gasteiger partial charge in [0.15, 0.2) is 0 Å². The molecule has 2 aliphatic heterocycles. The summed E-state index contributed by atoms with van der Waals surface area (Å²) in [6.45, 7) is 8.93. The number of rotatable bonds is 15. The molecule has 0 N–H and O–H groups in total. The first-order valence-corrected chi connectivity index (χ1v) is 15.4. The van der Waals surface area contributed by atoms with Crippen LogP contribution in [0.15, 0.2) is 42.5 Å². The Morgan fingerprint density at radius 3 is 1.68 bits per heavy atom. The van der Waals surface area contributed by atoms with Crippen molar-refractivity contribution in [2.75, 3.05) is 67.5 Å². The molecule has 0 radical (unpaired) electrons. The lowest BCUT2D eigenvalue weighted by atomic mass is 10.1. The second-order valence-electron chi connectivity index (χ2n) is 13.7. The van der Waals surface area contributed by atoms with Crippen LogP contribution in [-0.2, 0) is 0 Å². The zero-order valence-corrected chi connectivity index (χ0v) is 30.2. The lowest BCUT2D eigenvalue weighted by Gasteiger charge is -2.33. The summed E-state index contributed by atoms with van der Waals surface area (Å²) >= 11 is 0. The van der Waals surface area contributed by atoms with Crippen LogP contribution >= 0.6 is 0 Å². The molecule has 0 aliphatic carbocycles. The van der Waals surface area contributed by atoms with Crippen LogP contribution < -0.4 is 34.0 Å². The molecule has 1 unspecified atom stereocenters. The third-order valence-corrected chi connectivity index (χ3v) is 8.73. The van der Waals surface area contributed by atoms with Crippen molar-refractivity contribution in [3.8, 4) is 0 Å². The van der Waals surface area contributed by atoms with Crippen molar-refractivity contribution in [2.45, 2.75) is 46.0 Å². The Hall–Kier alpha value is -2.40. The summed E-state index contributed by atoms with van der Waals surface area (Å²) in [5.41, 5.74) is 3.09. The van der Waals surface area contributed by atoms with E-state index in [1.807, 2.05) is 19.1 Å². The number of fused-ring (bicyclic) bond motifs is 2. The van der Waals surface area contributed by atoms with Crippen LogP contribution in [0.1, 0.15) is 86.0 Å². The SMILES string of the molecule is Cc1ccc2c(c1)C(=O)N(CC(C)C[N+](C)(C)CCCCCC[N+](C)(C)CCCN1C(=O)c3ccccc3C1=O)C2=O.[Br-].[Br-]. The molecule has 0 spiro atoms. The summed E-state index contributed by atoms with van der Waals surface area (Å²) in [6.07, 6.45) is 5.41. The van der Waals surface area contributed by atoms with Gasteiger partial charge in [0, 0.05) is 25.4 Å². The number of imide groups is 2. The van der Waals surface area contributed by atoms with E-state index in [1.54, 1.807) is 30.3 Å². The number of carbonyl (C=O) groups is 4. The quantitative estimate of drug-likeness (QED) is 0.129. The average molecular weight is 737 g/mol. The van der Waals surface area contributed by atoms with Crippen LogP contribution in [0, 0.1) is 12.8 Å². The van der Waals surface area contributed by atoms with Crippen LogP contribution in [0.5, 0.6) is 0 Å². The Balaban J connectivity index is 0.00000337. The second kappa shape index (κ2) is 15.7. The van der Waals surface area contributed by atoms with E-state index in [0.29, 0.717) is 35.3 Å². The first-order chi connectivity index (χ1) is 19.8. The number of hydrogen-bond donors (Lipinski definition) is 0. The van der Waals surface area contributed by atoms with Gasteiger partial charge in [0.05, 0.1) is 76.6 Å². The Morgan fingerprint density at radius 1 is 0.614 bits per heavy atom. The summed E-state index contributed by atoms with van der Waals surface area (Å²) < 4.78 is 1.74. The molecule has 0 saturated carbocycles. The molecule has 8 nitrogen and oxygen atoms in total. The molecule has 0 aromatic heterocycles. The fourth-order valence-corrected chi connectivity index (χ4v) is 6.52. The summed E-state index contributed by atoms with van der Waals surface area (Å²) in [7, 11) is 8.91. The maximum Gasteiger partial charge on any atom is 0.261 e. The van der Waals surface area contributed by atoms with Gasteiger partial charge in [0.2, 0.25) is 0 Å². The maximum atomic E-state index is 12.9. The molecule has 4 rings (SSSR count).